The summed E-state index contributed by atoms with van der Waals surface area (Å²) >= 11 is -1.88. The van der Waals surface area contributed by atoms with Gasteiger partial charge in [-0.2, -0.15) is 0 Å². The van der Waals surface area contributed by atoms with E-state index in [4.69, 9.17) is 9.40 Å². The van der Waals surface area contributed by atoms with Crippen molar-refractivity contribution in [1.29, 1.82) is 0 Å². The molecule has 0 saturated carbocycles. The second kappa shape index (κ2) is 6.89. The number of fused-ring (bicyclic) bond motifs is 3. The van der Waals surface area contributed by atoms with E-state index < -0.39 is 13.3 Å². The Balaban J connectivity index is 1.77. The first kappa shape index (κ1) is 18.2. The van der Waals surface area contributed by atoms with Crippen molar-refractivity contribution in [3.8, 4) is 22.4 Å². The van der Waals surface area contributed by atoms with Gasteiger partial charge in [0.2, 0.25) is 0 Å². The number of rotatable bonds is 3. The summed E-state index contributed by atoms with van der Waals surface area (Å²) in [6.45, 7) is 0. The number of hydrogen-bond donors (Lipinski definition) is 0. The van der Waals surface area contributed by atoms with E-state index in [2.05, 4.69) is 90.2 Å². The van der Waals surface area contributed by atoms with E-state index in [0.717, 1.165) is 33.2 Å². The van der Waals surface area contributed by atoms with Crippen LogP contribution in [0.1, 0.15) is 0 Å². The summed E-state index contributed by atoms with van der Waals surface area (Å²) in [7, 11) is 0. The van der Waals surface area contributed by atoms with Crippen molar-refractivity contribution < 1.29 is 4.42 Å². The summed E-state index contributed by atoms with van der Waals surface area (Å²) in [5.74, 6) is 7.18. The third-order valence-corrected chi connectivity index (χ3v) is 9.74. The van der Waals surface area contributed by atoms with Gasteiger partial charge in [-0.15, -0.1) is 0 Å². The van der Waals surface area contributed by atoms with Crippen LogP contribution in [-0.2, 0) is 0 Å². The third-order valence-electron chi connectivity index (χ3n) is 5.49. The van der Waals surface area contributed by atoms with Gasteiger partial charge in [0, 0.05) is 0 Å². The molecule has 0 atom stereocenters. The normalized spacial score (nSPS) is 12.0. The fourth-order valence-corrected chi connectivity index (χ4v) is 6.03. The number of aromatic nitrogens is 1. The number of hydrogen-bond acceptors (Lipinski definition) is 2. The Bertz CT molecular complexity index is 1310. The maximum absolute atomic E-state index is 6.24. The third kappa shape index (κ3) is 3.28. The molecule has 3 aromatic carbocycles. The molecular formula is C26H23GeNO. The molecule has 29 heavy (non-hydrogen) atoms. The van der Waals surface area contributed by atoms with Crippen LogP contribution in [0.2, 0.25) is 17.3 Å². The van der Waals surface area contributed by atoms with E-state index in [1.807, 2.05) is 12.1 Å². The number of benzene rings is 3. The quantitative estimate of drug-likeness (QED) is 0.288. The van der Waals surface area contributed by atoms with Gasteiger partial charge in [0.05, 0.1) is 0 Å². The number of nitrogens with zero attached hydrogens (tertiary/aromatic N) is 1. The number of furan rings is 1. The molecule has 0 N–H and O–H groups in total. The zero-order valence-corrected chi connectivity index (χ0v) is 19.0. The molecule has 0 aliphatic rings. The van der Waals surface area contributed by atoms with E-state index >= 15 is 0 Å². The van der Waals surface area contributed by atoms with Gasteiger partial charge in [0.15, 0.2) is 0 Å². The molecule has 2 heterocycles. The van der Waals surface area contributed by atoms with Crippen molar-refractivity contribution in [1.82, 2.24) is 4.98 Å². The van der Waals surface area contributed by atoms with E-state index in [9.17, 15) is 0 Å². The molecule has 0 saturated heterocycles. The standard InChI is InChI=1S/C26H23GeNO/c1-27(2,3)20-13-14-23(28-17-20)19-15-22(18-9-5-4-6-10-18)26-21-11-7-8-12-24(21)29-25(26)16-19/h4-17H,1-3H3. The summed E-state index contributed by atoms with van der Waals surface area (Å²) in [4.78, 5) is 4.82. The summed E-state index contributed by atoms with van der Waals surface area (Å²) in [5.41, 5.74) is 6.26. The minimum atomic E-state index is -1.88. The number of para-hydroxylation sites is 1. The van der Waals surface area contributed by atoms with Crippen molar-refractivity contribution >= 4 is 39.6 Å². The van der Waals surface area contributed by atoms with Gasteiger partial charge in [-0.3, -0.25) is 0 Å². The van der Waals surface area contributed by atoms with E-state index in [1.165, 1.54) is 15.5 Å². The fraction of sp³-hybridized carbons (Fsp3) is 0.115. The van der Waals surface area contributed by atoms with Gasteiger partial charge in [-0.1, -0.05) is 0 Å². The second-order valence-corrected chi connectivity index (χ2v) is 19.2. The van der Waals surface area contributed by atoms with Crippen LogP contribution in [0.5, 0.6) is 0 Å². The molecule has 0 bridgehead atoms. The van der Waals surface area contributed by atoms with Crippen molar-refractivity contribution in [3.05, 3.63) is 85.1 Å². The molecule has 2 nitrogen and oxygen atoms in total. The summed E-state index contributed by atoms with van der Waals surface area (Å²) in [6.07, 6.45) is 2.07. The van der Waals surface area contributed by atoms with Gasteiger partial charge in [-0.25, -0.2) is 0 Å². The average Bonchev–Trinajstić information content (AvgIpc) is 3.12. The van der Waals surface area contributed by atoms with Crippen molar-refractivity contribution in [2.45, 2.75) is 17.3 Å². The van der Waals surface area contributed by atoms with Gasteiger partial charge >= 0.3 is 174 Å². The summed E-state index contributed by atoms with van der Waals surface area (Å²) in [6, 6.07) is 27.6. The minimum absolute atomic E-state index is 0.905. The predicted octanol–water partition coefficient (Wildman–Crippen LogP) is 6.86. The van der Waals surface area contributed by atoms with Gasteiger partial charge in [-0.05, 0) is 0 Å². The van der Waals surface area contributed by atoms with Crippen LogP contribution < -0.4 is 4.40 Å². The van der Waals surface area contributed by atoms with Crippen LogP contribution in [-0.4, -0.2) is 18.3 Å². The van der Waals surface area contributed by atoms with Crippen LogP contribution in [0.4, 0.5) is 0 Å². The molecule has 5 rings (SSSR count). The van der Waals surface area contributed by atoms with Crippen LogP contribution in [0.25, 0.3) is 44.3 Å². The van der Waals surface area contributed by atoms with Crippen LogP contribution in [0.3, 0.4) is 0 Å². The molecule has 0 amide bonds. The first-order chi connectivity index (χ1) is 14.0. The Kier molecular flexibility index (Phi) is 4.32. The Morgan fingerprint density at radius 1 is 0.724 bits per heavy atom. The van der Waals surface area contributed by atoms with Gasteiger partial charge < -0.3 is 0 Å². The summed E-state index contributed by atoms with van der Waals surface area (Å²) < 4.78 is 7.65. The van der Waals surface area contributed by atoms with E-state index in [1.54, 1.807) is 0 Å². The van der Waals surface area contributed by atoms with Crippen LogP contribution in [0, 0.1) is 0 Å². The molecule has 5 aromatic rings. The molecular weight excluding hydrogens is 415 g/mol. The monoisotopic (exact) mass is 439 g/mol. The predicted molar refractivity (Wildman–Crippen MR) is 125 cm³/mol. The molecule has 0 radical (unpaired) electrons. The SMILES string of the molecule is [CH3][Ge]([CH3])([CH3])[c]1ccc(-c2cc(-c3ccccc3)c3c(c2)oc2ccccc23)nc1. The Labute approximate surface area is 173 Å². The Hall–Kier alpha value is -2.85. The molecule has 0 aliphatic heterocycles. The zero-order chi connectivity index (χ0) is 20.0. The first-order valence-electron chi connectivity index (χ1n) is 9.98. The van der Waals surface area contributed by atoms with E-state index in [-0.39, 0.29) is 0 Å². The fourth-order valence-electron chi connectivity index (χ4n) is 3.86. The molecule has 0 unspecified atom stereocenters. The topological polar surface area (TPSA) is 26.0 Å². The second-order valence-electron chi connectivity index (χ2n) is 8.54. The Morgan fingerprint density at radius 2 is 1.48 bits per heavy atom. The molecule has 0 aliphatic carbocycles. The van der Waals surface area contributed by atoms with Crippen molar-refractivity contribution in [3.63, 3.8) is 0 Å². The van der Waals surface area contributed by atoms with Crippen LogP contribution in [0.15, 0.2) is 89.5 Å². The summed E-state index contributed by atoms with van der Waals surface area (Å²) in [5, 5.41) is 2.31. The van der Waals surface area contributed by atoms with Crippen LogP contribution >= 0.6 is 0 Å². The molecule has 3 heteroatoms. The van der Waals surface area contributed by atoms with E-state index in [0.29, 0.717) is 0 Å². The maximum atomic E-state index is 6.24. The van der Waals surface area contributed by atoms with Gasteiger partial charge in [0.25, 0.3) is 0 Å². The van der Waals surface area contributed by atoms with Gasteiger partial charge in [0.1, 0.15) is 0 Å². The molecule has 142 valence electrons. The molecule has 0 spiro atoms. The first-order valence-corrected chi connectivity index (χ1v) is 17.3. The molecule has 0 fully saturated rings. The van der Waals surface area contributed by atoms with Crippen molar-refractivity contribution in [2.24, 2.45) is 0 Å². The number of pyridine rings is 1. The van der Waals surface area contributed by atoms with Crippen molar-refractivity contribution in [2.75, 3.05) is 0 Å². The molecule has 2 aromatic heterocycles. The zero-order valence-electron chi connectivity index (χ0n) is 16.9. The average molecular weight is 438 g/mol. The Morgan fingerprint density at radius 3 is 2.21 bits per heavy atom.